The van der Waals surface area contributed by atoms with Crippen molar-refractivity contribution in [1.82, 2.24) is 10.2 Å². The topological polar surface area (TPSA) is 54.0 Å². The first-order chi connectivity index (χ1) is 12.6. The molecule has 0 saturated carbocycles. The molecule has 0 spiro atoms. The molecule has 26 heavy (non-hydrogen) atoms. The number of rotatable bonds is 7. The third-order valence-electron chi connectivity index (χ3n) is 5.76. The van der Waals surface area contributed by atoms with Crippen molar-refractivity contribution >= 4 is 11.6 Å². The van der Waals surface area contributed by atoms with E-state index in [1.165, 1.54) is 0 Å². The van der Waals surface area contributed by atoms with E-state index in [1.807, 2.05) is 12.1 Å². The Kier molecular flexibility index (Phi) is 6.67. The van der Waals surface area contributed by atoms with E-state index in [1.54, 1.807) is 7.11 Å². The van der Waals surface area contributed by atoms with E-state index < -0.39 is 0 Å². The second kappa shape index (κ2) is 8.79. The van der Waals surface area contributed by atoms with Crippen LogP contribution in [-0.4, -0.2) is 56.0 Å². The van der Waals surface area contributed by atoms with Crippen molar-refractivity contribution in [1.29, 1.82) is 0 Å². The van der Waals surface area contributed by atoms with Gasteiger partial charge in [0.2, 0.25) is 0 Å². The van der Waals surface area contributed by atoms with Crippen LogP contribution in [0, 0.1) is 5.41 Å². The van der Waals surface area contributed by atoms with Gasteiger partial charge < -0.3 is 19.9 Å². The highest BCUT2D eigenvalue weighted by molar-refractivity contribution is 6.31. The molecule has 2 aliphatic heterocycles. The molecule has 0 amide bonds. The number of nitrogens with zero attached hydrogens (tertiary/aromatic N) is 1. The van der Waals surface area contributed by atoms with Crippen molar-refractivity contribution in [2.45, 2.75) is 45.2 Å². The van der Waals surface area contributed by atoms with Gasteiger partial charge in [-0.1, -0.05) is 18.5 Å². The molecule has 1 aromatic carbocycles. The predicted octanol–water partition coefficient (Wildman–Crippen LogP) is 3.07. The highest BCUT2D eigenvalue weighted by Gasteiger charge is 2.44. The minimum atomic E-state index is -0.0305. The molecule has 1 aromatic rings. The van der Waals surface area contributed by atoms with Crippen molar-refractivity contribution < 1.29 is 14.6 Å². The highest BCUT2D eigenvalue weighted by atomic mass is 35.5. The molecule has 146 valence electrons. The smallest absolute Gasteiger partial charge is 0.162 e. The summed E-state index contributed by atoms with van der Waals surface area (Å²) in [6.07, 6.45) is 4.21. The van der Waals surface area contributed by atoms with Crippen molar-refractivity contribution in [2.24, 2.45) is 5.41 Å². The van der Waals surface area contributed by atoms with Crippen LogP contribution in [0.4, 0.5) is 0 Å². The zero-order chi connectivity index (χ0) is 18.6. The molecule has 0 aromatic heterocycles. The molecule has 0 aliphatic carbocycles. The largest absolute Gasteiger partial charge is 0.493 e. The van der Waals surface area contributed by atoms with Crippen LogP contribution in [-0.2, 0) is 6.54 Å². The molecular formula is C20H31ClN2O3. The number of fused-ring (bicyclic) bond motifs is 1. The van der Waals surface area contributed by atoms with Gasteiger partial charge in [0.05, 0.1) is 20.3 Å². The molecule has 3 rings (SSSR count). The van der Waals surface area contributed by atoms with Crippen LogP contribution >= 0.6 is 11.6 Å². The number of likely N-dealkylation sites (tertiary alicyclic amines) is 1. The van der Waals surface area contributed by atoms with Gasteiger partial charge in [0, 0.05) is 42.2 Å². The molecule has 5 nitrogen and oxygen atoms in total. The second-order valence-electron chi connectivity index (χ2n) is 7.57. The summed E-state index contributed by atoms with van der Waals surface area (Å²) in [7, 11) is 1.66. The first kappa shape index (κ1) is 19.7. The lowest BCUT2D eigenvalue weighted by molar-refractivity contribution is -0.0222. The fraction of sp³-hybridized carbons (Fsp3) is 0.700. The Labute approximate surface area is 161 Å². The Balaban J connectivity index is 1.74. The lowest BCUT2D eigenvalue weighted by atomic mass is 9.71. The maximum Gasteiger partial charge on any atom is 0.162 e. The van der Waals surface area contributed by atoms with E-state index in [0.717, 1.165) is 63.2 Å². The van der Waals surface area contributed by atoms with Gasteiger partial charge in [0.1, 0.15) is 0 Å². The number of piperidine rings is 2. The summed E-state index contributed by atoms with van der Waals surface area (Å²) in [5, 5.41) is 14.4. The van der Waals surface area contributed by atoms with Crippen molar-refractivity contribution in [3.05, 3.63) is 22.7 Å². The number of hydrogen-bond acceptors (Lipinski definition) is 5. The Morgan fingerprint density at radius 3 is 2.96 bits per heavy atom. The van der Waals surface area contributed by atoms with Crippen LogP contribution in [0.3, 0.4) is 0 Å². The van der Waals surface area contributed by atoms with Gasteiger partial charge in [-0.25, -0.2) is 0 Å². The zero-order valence-corrected chi connectivity index (χ0v) is 16.6. The molecule has 2 heterocycles. The number of ether oxygens (including phenoxy) is 2. The van der Waals surface area contributed by atoms with E-state index in [2.05, 4.69) is 17.1 Å². The Bertz CT molecular complexity index is 613. The first-order valence-corrected chi connectivity index (χ1v) is 10.1. The van der Waals surface area contributed by atoms with Crippen molar-refractivity contribution in [3.63, 3.8) is 0 Å². The fourth-order valence-electron chi connectivity index (χ4n) is 4.34. The zero-order valence-electron chi connectivity index (χ0n) is 15.9. The first-order valence-electron chi connectivity index (χ1n) is 9.67. The van der Waals surface area contributed by atoms with E-state index in [-0.39, 0.29) is 12.0 Å². The molecule has 0 unspecified atom stereocenters. The maximum absolute atomic E-state index is 10.1. The maximum atomic E-state index is 10.1. The van der Waals surface area contributed by atoms with Crippen LogP contribution < -0.4 is 14.8 Å². The normalized spacial score (nSPS) is 26.4. The van der Waals surface area contributed by atoms with Gasteiger partial charge >= 0.3 is 0 Å². The number of methoxy groups -OCH3 is 1. The molecule has 0 radical (unpaired) electrons. The van der Waals surface area contributed by atoms with Crippen LogP contribution in [0.1, 0.15) is 38.2 Å². The number of nitrogens with one attached hydrogen (secondary N) is 1. The summed E-state index contributed by atoms with van der Waals surface area (Å²) in [5.74, 6) is 1.43. The van der Waals surface area contributed by atoms with E-state index >= 15 is 0 Å². The van der Waals surface area contributed by atoms with Crippen LogP contribution in [0.5, 0.6) is 11.5 Å². The van der Waals surface area contributed by atoms with Gasteiger partial charge in [-0.15, -0.1) is 0 Å². The number of aliphatic hydroxyl groups is 1. The minimum Gasteiger partial charge on any atom is -0.493 e. The second-order valence-corrected chi connectivity index (χ2v) is 7.98. The number of halogens is 1. The average Bonchev–Trinajstić information content (AvgIpc) is 2.67. The SMILES string of the molecule is CCCOc1cc(Cl)c(CN2CC[C@H]3NCCC[C@]3(CO)C2)cc1OC. The van der Waals surface area contributed by atoms with Gasteiger partial charge in [0.15, 0.2) is 11.5 Å². The molecule has 2 fully saturated rings. The fourth-order valence-corrected chi connectivity index (χ4v) is 4.55. The summed E-state index contributed by atoms with van der Waals surface area (Å²) in [6.45, 7) is 6.68. The Morgan fingerprint density at radius 2 is 2.23 bits per heavy atom. The number of aliphatic hydroxyl groups excluding tert-OH is 1. The molecule has 2 N–H and O–H groups in total. The third kappa shape index (κ3) is 4.11. The quantitative estimate of drug-likeness (QED) is 0.759. The third-order valence-corrected chi connectivity index (χ3v) is 6.11. The Hall–Kier alpha value is -1.01. The van der Waals surface area contributed by atoms with Crippen LogP contribution in [0.15, 0.2) is 12.1 Å². The summed E-state index contributed by atoms with van der Waals surface area (Å²) >= 11 is 6.54. The van der Waals surface area contributed by atoms with E-state index in [0.29, 0.717) is 23.4 Å². The highest BCUT2D eigenvalue weighted by Crippen LogP contribution is 2.39. The van der Waals surface area contributed by atoms with Gasteiger partial charge in [-0.05, 0) is 43.9 Å². The summed E-state index contributed by atoms with van der Waals surface area (Å²) in [6, 6.07) is 4.28. The van der Waals surface area contributed by atoms with E-state index in [9.17, 15) is 5.11 Å². The molecule has 2 aliphatic rings. The number of benzene rings is 1. The lowest BCUT2D eigenvalue weighted by Crippen LogP contribution is -2.61. The molecule has 6 heteroatoms. The van der Waals surface area contributed by atoms with Gasteiger partial charge in [-0.3, -0.25) is 4.90 Å². The van der Waals surface area contributed by atoms with Gasteiger partial charge in [0.25, 0.3) is 0 Å². The van der Waals surface area contributed by atoms with E-state index in [4.69, 9.17) is 21.1 Å². The molecule has 2 saturated heterocycles. The summed E-state index contributed by atoms with van der Waals surface area (Å²) in [4.78, 5) is 2.41. The lowest BCUT2D eigenvalue weighted by Gasteiger charge is -2.50. The standard InChI is InChI=1S/C20H31ClN2O3/c1-3-9-26-18-11-16(21)15(10-17(18)25-2)12-23-8-5-19-20(13-23,14-24)6-4-7-22-19/h10-11,19,22,24H,3-9,12-14H2,1-2H3/t19-,20-/m1/s1. The predicted molar refractivity (Wildman–Crippen MR) is 104 cm³/mol. The van der Waals surface area contributed by atoms with Crippen LogP contribution in [0.25, 0.3) is 0 Å². The molecule has 0 bridgehead atoms. The summed E-state index contributed by atoms with van der Waals surface area (Å²) < 4.78 is 11.2. The summed E-state index contributed by atoms with van der Waals surface area (Å²) in [5.41, 5.74) is 1.01. The van der Waals surface area contributed by atoms with Crippen LogP contribution in [0.2, 0.25) is 5.02 Å². The monoisotopic (exact) mass is 382 g/mol. The van der Waals surface area contributed by atoms with Gasteiger partial charge in [-0.2, -0.15) is 0 Å². The van der Waals surface area contributed by atoms with Crippen molar-refractivity contribution in [3.8, 4) is 11.5 Å². The molecule has 2 atom stereocenters. The molecular weight excluding hydrogens is 352 g/mol. The average molecular weight is 383 g/mol. The number of hydrogen-bond donors (Lipinski definition) is 2. The Morgan fingerprint density at radius 1 is 1.38 bits per heavy atom. The minimum absolute atomic E-state index is 0.0305. The van der Waals surface area contributed by atoms with Crippen molar-refractivity contribution in [2.75, 3.05) is 40.0 Å².